The molecule has 0 unspecified atom stereocenters. The monoisotopic (exact) mass is 651 g/mol. The maximum atomic E-state index is 13.8. The number of nitrogen functional groups attached to an aromatic ring is 1. The molecule has 3 aromatic carbocycles. The summed E-state index contributed by atoms with van der Waals surface area (Å²) in [6.07, 6.45) is 3.05. The fourth-order valence-electron chi connectivity index (χ4n) is 5.86. The van der Waals surface area contributed by atoms with Crippen molar-refractivity contribution in [1.82, 2.24) is 9.47 Å². The molecule has 0 aliphatic heterocycles. The number of carbonyl (C=O) groups is 2. The maximum Gasteiger partial charge on any atom is 0.411 e. The molecule has 1 aliphatic rings. The number of rotatable bonds is 10. The number of esters is 1. The smallest absolute Gasteiger partial charge is 0.411 e. The minimum absolute atomic E-state index is 0.0538. The Kier molecular flexibility index (Phi) is 10.5. The highest BCUT2D eigenvalue weighted by Crippen LogP contribution is 2.28. The number of nitrogens with two attached hydrogens (primary N) is 1. The van der Waals surface area contributed by atoms with Crippen LogP contribution in [0.4, 0.5) is 15.0 Å². The van der Waals surface area contributed by atoms with E-state index in [1.807, 2.05) is 30.3 Å². The molecule has 1 aromatic heterocycles. The predicted molar refractivity (Wildman–Crippen MR) is 185 cm³/mol. The summed E-state index contributed by atoms with van der Waals surface area (Å²) in [7, 11) is 0. The Balaban J connectivity index is 1.46. The van der Waals surface area contributed by atoms with Crippen LogP contribution in [0.25, 0.3) is 11.3 Å². The van der Waals surface area contributed by atoms with Crippen molar-refractivity contribution >= 4 is 23.5 Å². The lowest BCUT2D eigenvalue weighted by atomic mass is 10.00. The number of anilines is 1. The van der Waals surface area contributed by atoms with Gasteiger partial charge in [0, 0.05) is 24.6 Å². The van der Waals surface area contributed by atoms with Gasteiger partial charge in [0.2, 0.25) is 0 Å². The SMILES string of the molecule is C=C(c1ccc(F)cc1)c1ccc(=O)n(-c2ccc(CN(C(=O)OC(C)(C)C)[C@@H](Cc3ccccc3)C(=O)OC3CCCC3)cc2)c1N. The van der Waals surface area contributed by atoms with Crippen molar-refractivity contribution < 1.29 is 23.5 Å². The molecule has 8 nitrogen and oxygen atoms in total. The predicted octanol–water partition coefficient (Wildman–Crippen LogP) is 7.45. The van der Waals surface area contributed by atoms with E-state index in [4.69, 9.17) is 15.2 Å². The van der Waals surface area contributed by atoms with Crippen LogP contribution in [0.2, 0.25) is 0 Å². The molecular weight excluding hydrogens is 609 g/mol. The van der Waals surface area contributed by atoms with E-state index in [1.165, 1.54) is 27.7 Å². The lowest BCUT2D eigenvalue weighted by molar-refractivity contribution is -0.155. The van der Waals surface area contributed by atoms with Crippen molar-refractivity contribution in [2.24, 2.45) is 0 Å². The fourth-order valence-corrected chi connectivity index (χ4v) is 5.86. The summed E-state index contributed by atoms with van der Waals surface area (Å²) in [6.45, 7) is 9.52. The topological polar surface area (TPSA) is 104 Å². The van der Waals surface area contributed by atoms with E-state index in [-0.39, 0.29) is 36.3 Å². The fraction of sp³-hybridized carbons (Fsp3) is 0.308. The molecular formula is C39H42FN3O5. The third-order valence-electron chi connectivity index (χ3n) is 8.33. The van der Waals surface area contributed by atoms with E-state index in [0.717, 1.165) is 31.2 Å². The molecule has 1 heterocycles. The number of pyridine rings is 1. The highest BCUT2D eigenvalue weighted by atomic mass is 19.1. The van der Waals surface area contributed by atoms with Crippen molar-refractivity contribution in [1.29, 1.82) is 0 Å². The van der Waals surface area contributed by atoms with E-state index >= 15 is 0 Å². The van der Waals surface area contributed by atoms with Gasteiger partial charge >= 0.3 is 12.1 Å². The molecule has 0 radical (unpaired) electrons. The van der Waals surface area contributed by atoms with Crippen LogP contribution in [0.1, 0.15) is 68.7 Å². The Labute approximate surface area is 280 Å². The minimum Gasteiger partial charge on any atom is -0.461 e. The van der Waals surface area contributed by atoms with Crippen LogP contribution < -0.4 is 11.3 Å². The summed E-state index contributed by atoms with van der Waals surface area (Å²) in [5.41, 5.74) is 9.21. The van der Waals surface area contributed by atoms with Gasteiger partial charge in [-0.15, -0.1) is 0 Å². The van der Waals surface area contributed by atoms with Crippen LogP contribution >= 0.6 is 0 Å². The van der Waals surface area contributed by atoms with Crippen LogP contribution in [-0.4, -0.2) is 39.3 Å². The molecule has 0 bridgehead atoms. The zero-order valence-corrected chi connectivity index (χ0v) is 27.7. The first kappa shape index (κ1) is 34.2. The zero-order chi connectivity index (χ0) is 34.4. The summed E-state index contributed by atoms with van der Waals surface area (Å²) in [5, 5.41) is 0. The van der Waals surface area contributed by atoms with Gasteiger partial charge in [-0.2, -0.15) is 0 Å². The quantitative estimate of drug-likeness (QED) is 0.179. The molecule has 1 saturated carbocycles. The Hall–Kier alpha value is -5.18. The van der Waals surface area contributed by atoms with E-state index in [9.17, 15) is 18.8 Å². The van der Waals surface area contributed by atoms with Crippen LogP contribution in [0.3, 0.4) is 0 Å². The van der Waals surface area contributed by atoms with Crippen molar-refractivity contribution in [2.75, 3.05) is 5.73 Å². The molecule has 1 atom stereocenters. The number of ether oxygens (including phenoxy) is 2. The molecule has 1 aliphatic carbocycles. The average Bonchev–Trinajstić information content (AvgIpc) is 3.56. The summed E-state index contributed by atoms with van der Waals surface area (Å²) >= 11 is 0. The van der Waals surface area contributed by atoms with Crippen molar-refractivity contribution in [2.45, 2.75) is 77.2 Å². The maximum absolute atomic E-state index is 13.8. The molecule has 48 heavy (non-hydrogen) atoms. The Morgan fingerprint density at radius 1 is 0.938 bits per heavy atom. The van der Waals surface area contributed by atoms with Gasteiger partial charge in [-0.3, -0.25) is 14.3 Å². The van der Waals surface area contributed by atoms with Gasteiger partial charge in [0.15, 0.2) is 0 Å². The van der Waals surface area contributed by atoms with Gasteiger partial charge in [-0.1, -0.05) is 61.2 Å². The van der Waals surface area contributed by atoms with Crippen molar-refractivity contribution in [3.63, 3.8) is 0 Å². The Morgan fingerprint density at radius 3 is 2.21 bits per heavy atom. The number of halogens is 1. The molecule has 4 aromatic rings. The Morgan fingerprint density at radius 2 is 1.58 bits per heavy atom. The molecule has 9 heteroatoms. The Bertz CT molecular complexity index is 1810. The molecule has 1 amide bonds. The highest BCUT2D eigenvalue weighted by Gasteiger charge is 2.36. The minimum atomic E-state index is -0.935. The first-order chi connectivity index (χ1) is 22.9. The lowest BCUT2D eigenvalue weighted by Crippen LogP contribution is -2.49. The number of aromatic nitrogens is 1. The number of carbonyl (C=O) groups excluding carboxylic acids is 2. The average molecular weight is 652 g/mol. The van der Waals surface area contributed by atoms with E-state index in [1.54, 1.807) is 63.2 Å². The third-order valence-corrected chi connectivity index (χ3v) is 8.33. The number of hydrogen-bond acceptors (Lipinski definition) is 6. The second kappa shape index (κ2) is 14.7. The summed E-state index contributed by atoms with van der Waals surface area (Å²) in [4.78, 5) is 42.0. The van der Waals surface area contributed by atoms with Gasteiger partial charge in [0.1, 0.15) is 29.4 Å². The first-order valence-electron chi connectivity index (χ1n) is 16.2. The number of nitrogens with zero attached hydrogens (tertiary/aromatic N) is 2. The normalized spacial score (nSPS) is 13.9. The van der Waals surface area contributed by atoms with Crippen LogP contribution in [0.15, 0.2) is 102 Å². The van der Waals surface area contributed by atoms with Crippen molar-refractivity contribution in [3.8, 4) is 5.69 Å². The van der Waals surface area contributed by atoms with Gasteiger partial charge in [0.25, 0.3) is 5.56 Å². The van der Waals surface area contributed by atoms with Crippen molar-refractivity contribution in [3.05, 3.63) is 136 Å². The summed E-state index contributed by atoms with van der Waals surface area (Å²) in [5.74, 6) is -0.657. The van der Waals surface area contributed by atoms with E-state index in [2.05, 4.69) is 6.58 Å². The van der Waals surface area contributed by atoms with Crippen LogP contribution in [-0.2, 0) is 27.2 Å². The molecule has 2 N–H and O–H groups in total. The second-order valence-corrected chi connectivity index (χ2v) is 13.1. The number of hydrogen-bond donors (Lipinski definition) is 1. The zero-order valence-electron chi connectivity index (χ0n) is 27.7. The van der Waals surface area contributed by atoms with Gasteiger partial charge in [0.05, 0.1) is 5.69 Å². The number of benzene rings is 3. The molecule has 250 valence electrons. The standard InChI is InChI=1S/C39H42FN3O5/c1-26(29-16-18-30(40)19-17-29)33-22-23-35(44)43(36(33)41)31-20-14-28(15-21-31)25-42(38(46)48-39(2,3)4)34(24-27-10-6-5-7-11-27)37(45)47-32-12-8-9-13-32/h5-7,10-11,14-23,32,34H,1,8-9,12-13,24-25,41H2,2-4H3/t34-/m0/s1. The van der Waals surface area contributed by atoms with Crippen LogP contribution in [0, 0.1) is 5.82 Å². The lowest BCUT2D eigenvalue weighted by Gasteiger charge is -2.33. The largest absolute Gasteiger partial charge is 0.461 e. The van der Waals surface area contributed by atoms with Gasteiger partial charge < -0.3 is 15.2 Å². The molecule has 0 saturated heterocycles. The summed E-state index contributed by atoms with van der Waals surface area (Å²) in [6, 6.07) is 24.5. The second-order valence-electron chi connectivity index (χ2n) is 13.1. The van der Waals surface area contributed by atoms with Crippen LogP contribution in [0.5, 0.6) is 0 Å². The number of amides is 1. The van der Waals surface area contributed by atoms with Gasteiger partial charge in [-0.25, -0.2) is 14.0 Å². The molecule has 5 rings (SSSR count). The molecule has 1 fully saturated rings. The third kappa shape index (κ3) is 8.39. The van der Waals surface area contributed by atoms with E-state index < -0.39 is 23.7 Å². The highest BCUT2D eigenvalue weighted by molar-refractivity contribution is 5.84. The summed E-state index contributed by atoms with van der Waals surface area (Å²) < 4.78 is 26.6. The van der Waals surface area contributed by atoms with E-state index in [0.29, 0.717) is 28.0 Å². The molecule has 0 spiro atoms. The first-order valence-corrected chi connectivity index (χ1v) is 16.2. The van der Waals surface area contributed by atoms with Gasteiger partial charge in [-0.05, 0) is 99.0 Å².